The quantitative estimate of drug-likeness (QED) is 0.0590. The summed E-state index contributed by atoms with van der Waals surface area (Å²) in [6, 6.07) is 4.05. The van der Waals surface area contributed by atoms with Crippen LogP contribution in [-0.4, -0.2) is 24.9 Å². The highest BCUT2D eigenvalue weighted by Crippen LogP contribution is 2.52. The number of benzene rings is 4. The number of hydrogen-bond acceptors (Lipinski definition) is 4. The van der Waals surface area contributed by atoms with Gasteiger partial charge < -0.3 is 9.97 Å². The lowest BCUT2D eigenvalue weighted by atomic mass is 9.87. The Bertz CT molecular complexity index is 3770. The molecule has 362 valence electrons. The van der Waals surface area contributed by atoms with Gasteiger partial charge >= 0.3 is 5.69 Å². The molecule has 2 N–H and O–H groups in total. The minimum Gasteiger partial charge on any atom is -0.355 e. The van der Waals surface area contributed by atoms with Crippen LogP contribution in [0.4, 0.5) is 93.5 Å². The van der Waals surface area contributed by atoms with Crippen LogP contribution >= 0.6 is 0 Å². The fraction of sp³-hybridized carbons (Fsp3) is 0. The molecular formula is C44H9F20N5O2. The molecule has 0 fully saturated rings. The van der Waals surface area contributed by atoms with Crippen molar-refractivity contribution in [3.05, 3.63) is 191 Å². The van der Waals surface area contributed by atoms with E-state index in [9.17, 15) is 36.5 Å². The Hall–Kier alpha value is -8.52. The SMILES string of the molecule is O=[N+]([O-])c1c(-c2c(F)c(F)c(F)c(F)c2F)c2cc3nc(cc4ccc(cc5nc(c(-c6c(F)c(F)c(F)c(F)c6F)c1[nH]2)C(c1c(F)c(F)c(F)c(F)c1F)=C5c1c(F)c(F)c(F)c(F)c1F)[nH]4)C=C3. The molecule has 0 amide bonds. The maximum absolute atomic E-state index is 16.5. The number of fused-ring (bicyclic) bond motifs is 8. The Morgan fingerprint density at radius 3 is 1.15 bits per heavy atom. The van der Waals surface area contributed by atoms with Gasteiger partial charge in [0.25, 0.3) is 0 Å². The van der Waals surface area contributed by atoms with Gasteiger partial charge in [0.15, 0.2) is 93.1 Å². The van der Waals surface area contributed by atoms with Gasteiger partial charge in [-0.3, -0.25) is 10.1 Å². The predicted octanol–water partition coefficient (Wildman–Crippen LogP) is 13.5. The number of H-pyrrole nitrogens is 2. The third kappa shape index (κ3) is 6.91. The minimum atomic E-state index is -3.14. The zero-order chi connectivity index (χ0) is 51.7. The molecule has 0 unspecified atom stereocenters. The minimum absolute atomic E-state index is 0.105. The van der Waals surface area contributed by atoms with E-state index in [0.29, 0.717) is 12.1 Å². The molecule has 2 aliphatic rings. The number of nitrogens with one attached hydrogen (secondary N) is 2. The van der Waals surface area contributed by atoms with Crippen molar-refractivity contribution < 1.29 is 92.7 Å². The third-order valence-corrected chi connectivity index (χ3v) is 10.8. The average molecular weight is 1020 g/mol. The Kier molecular flexibility index (Phi) is 11.1. The second kappa shape index (κ2) is 16.6. The van der Waals surface area contributed by atoms with E-state index in [1.165, 1.54) is 0 Å². The Morgan fingerprint density at radius 1 is 0.380 bits per heavy atom. The van der Waals surface area contributed by atoms with Crippen LogP contribution in [0.2, 0.25) is 0 Å². The number of aromatic amines is 2. The molecule has 3 aromatic heterocycles. The fourth-order valence-electron chi connectivity index (χ4n) is 7.76. The van der Waals surface area contributed by atoms with E-state index in [-0.39, 0.29) is 11.2 Å². The smallest absolute Gasteiger partial charge is 0.303 e. The van der Waals surface area contributed by atoms with E-state index >= 15 is 61.5 Å². The molecule has 0 spiro atoms. The van der Waals surface area contributed by atoms with Crippen molar-refractivity contribution in [3.63, 3.8) is 0 Å². The molecular weight excluding hydrogens is 1010 g/mol. The van der Waals surface area contributed by atoms with Gasteiger partial charge in [0, 0.05) is 27.7 Å². The number of rotatable bonds is 5. The van der Waals surface area contributed by atoms with Crippen molar-refractivity contribution in [2.75, 3.05) is 0 Å². The first-order valence-electron chi connectivity index (χ1n) is 18.8. The summed E-state index contributed by atoms with van der Waals surface area (Å²) < 4.78 is 310. The maximum atomic E-state index is 16.5. The van der Waals surface area contributed by atoms with Crippen LogP contribution < -0.4 is 0 Å². The monoisotopic (exact) mass is 1020 g/mol. The number of halogens is 20. The van der Waals surface area contributed by atoms with Crippen LogP contribution in [0.15, 0.2) is 30.3 Å². The Balaban J connectivity index is 1.72. The topological polar surface area (TPSA) is 100 Å². The summed E-state index contributed by atoms with van der Waals surface area (Å²) in [5.41, 5.74) is -29.8. The molecule has 9 rings (SSSR count). The summed E-state index contributed by atoms with van der Waals surface area (Å²) >= 11 is 0. The largest absolute Gasteiger partial charge is 0.355 e. The van der Waals surface area contributed by atoms with Crippen LogP contribution in [0, 0.1) is 126 Å². The molecule has 7 aromatic rings. The number of hydrogen-bond donors (Lipinski definition) is 2. The lowest BCUT2D eigenvalue weighted by Gasteiger charge is -2.17. The first-order chi connectivity index (χ1) is 33.4. The standard InChI is InChI=1S/C44H9F20N5O2/c45-22-17(23(46)31(54)38(61)30(22)53)14-12-6-10-3-1-8(65-10)5-9-2-4-11(66-9)7-13-15(18-24(47)32(55)39(62)33(56)25(18)48)44(69(70)71)43(68-13)21(20-28(51)36(59)41(64)37(60)29(20)52)42(67-12)16(14)19-26(49)34(57)40(63)35(58)27(19)50/h1-7,65,68H. The van der Waals surface area contributed by atoms with Gasteiger partial charge in [-0.05, 0) is 42.5 Å². The van der Waals surface area contributed by atoms with Crippen molar-refractivity contribution in [2.45, 2.75) is 0 Å². The van der Waals surface area contributed by atoms with Crippen molar-refractivity contribution in [1.29, 1.82) is 0 Å². The third-order valence-electron chi connectivity index (χ3n) is 10.8. The lowest BCUT2D eigenvalue weighted by Crippen LogP contribution is -2.11. The molecule has 0 aliphatic carbocycles. The van der Waals surface area contributed by atoms with Gasteiger partial charge in [-0.2, -0.15) is 0 Å². The van der Waals surface area contributed by atoms with Crippen LogP contribution in [0.25, 0.3) is 67.6 Å². The van der Waals surface area contributed by atoms with Crippen LogP contribution in [0.3, 0.4) is 0 Å². The van der Waals surface area contributed by atoms with Gasteiger partial charge in [0.1, 0.15) is 5.52 Å². The molecule has 0 radical (unpaired) electrons. The van der Waals surface area contributed by atoms with E-state index in [2.05, 4.69) is 15.0 Å². The summed E-state index contributed by atoms with van der Waals surface area (Å²) in [6.07, 6.45) is 2.12. The van der Waals surface area contributed by atoms with Gasteiger partial charge in [-0.15, -0.1) is 0 Å². The molecule has 8 bridgehead atoms. The summed E-state index contributed by atoms with van der Waals surface area (Å²) in [5.74, 6) is -60.6. The van der Waals surface area contributed by atoms with E-state index in [4.69, 9.17) is 0 Å². The lowest BCUT2D eigenvalue weighted by molar-refractivity contribution is -0.382. The predicted molar refractivity (Wildman–Crippen MR) is 205 cm³/mol. The molecule has 0 atom stereocenters. The zero-order valence-corrected chi connectivity index (χ0v) is 33.3. The number of nitro groups is 1. The van der Waals surface area contributed by atoms with E-state index in [0.717, 1.165) is 30.4 Å². The molecule has 7 nitrogen and oxygen atoms in total. The van der Waals surface area contributed by atoms with Gasteiger partial charge in [0.05, 0.1) is 61.0 Å². The first kappa shape index (κ1) is 47.5. The molecule has 0 saturated carbocycles. The number of nitrogens with zero attached hydrogens (tertiary/aromatic N) is 3. The summed E-state index contributed by atoms with van der Waals surface area (Å²) in [5, 5.41) is 13.3. The molecule has 4 aromatic carbocycles. The van der Waals surface area contributed by atoms with E-state index in [1.807, 2.05) is 4.98 Å². The average Bonchev–Trinajstić information content (AvgIpc) is 4.14. The fourth-order valence-corrected chi connectivity index (χ4v) is 7.76. The molecule has 0 saturated heterocycles. The van der Waals surface area contributed by atoms with Crippen molar-refractivity contribution in [3.8, 4) is 22.3 Å². The summed E-state index contributed by atoms with van der Waals surface area (Å²) in [4.78, 5) is 23.5. The highest BCUT2D eigenvalue weighted by atomic mass is 19.2. The van der Waals surface area contributed by atoms with Crippen LogP contribution in [0.5, 0.6) is 0 Å². The molecule has 71 heavy (non-hydrogen) atoms. The highest BCUT2D eigenvalue weighted by molar-refractivity contribution is 6.12. The molecule has 27 heteroatoms. The van der Waals surface area contributed by atoms with Crippen LogP contribution in [0.1, 0.15) is 33.9 Å². The first-order valence-corrected chi connectivity index (χ1v) is 18.8. The normalized spacial score (nSPS) is 12.5. The molecule has 2 aliphatic heterocycles. The summed E-state index contributed by atoms with van der Waals surface area (Å²) in [7, 11) is 0. The Labute approximate surface area is 376 Å². The van der Waals surface area contributed by atoms with Crippen molar-refractivity contribution >= 4 is 51.1 Å². The molecule has 5 heterocycles. The number of aromatic nitrogens is 4. The van der Waals surface area contributed by atoms with Crippen molar-refractivity contribution in [2.24, 2.45) is 0 Å². The zero-order valence-electron chi connectivity index (χ0n) is 33.3. The van der Waals surface area contributed by atoms with Gasteiger partial charge in [-0.25, -0.2) is 97.8 Å². The summed E-state index contributed by atoms with van der Waals surface area (Å²) in [6.45, 7) is 0. The second-order valence-electron chi connectivity index (χ2n) is 14.7. The van der Waals surface area contributed by atoms with Crippen LogP contribution in [-0.2, 0) is 0 Å². The van der Waals surface area contributed by atoms with Crippen molar-refractivity contribution in [1.82, 2.24) is 19.9 Å². The second-order valence-corrected chi connectivity index (χ2v) is 14.7. The highest BCUT2D eigenvalue weighted by Gasteiger charge is 2.43. The maximum Gasteiger partial charge on any atom is 0.303 e. The van der Waals surface area contributed by atoms with Gasteiger partial charge in [0.2, 0.25) is 23.3 Å². The van der Waals surface area contributed by atoms with E-state index in [1.54, 1.807) is 0 Å². The Morgan fingerprint density at radius 2 is 0.732 bits per heavy atom. The van der Waals surface area contributed by atoms with Gasteiger partial charge in [-0.1, -0.05) is 0 Å². The van der Waals surface area contributed by atoms with E-state index < -0.39 is 205 Å².